The van der Waals surface area contributed by atoms with Gasteiger partial charge in [-0.1, -0.05) is 0 Å². The summed E-state index contributed by atoms with van der Waals surface area (Å²) in [7, 11) is 0. The van der Waals surface area contributed by atoms with Crippen molar-refractivity contribution in [2.24, 2.45) is 22.2 Å². The molecule has 0 aliphatic carbocycles. The van der Waals surface area contributed by atoms with Gasteiger partial charge in [-0.15, -0.1) is 0 Å². The molecule has 1 rings (SSSR count). The van der Waals surface area contributed by atoms with Crippen LogP contribution in [-0.2, 0) is 4.79 Å². The molecule has 0 spiro atoms. The highest BCUT2D eigenvalue weighted by molar-refractivity contribution is 5.90. The molecule has 0 aromatic carbocycles. The molecule has 2 unspecified atom stereocenters. The Labute approximate surface area is 75.7 Å². The zero-order valence-electron chi connectivity index (χ0n) is 7.59. The van der Waals surface area contributed by atoms with Crippen LogP contribution in [0.3, 0.4) is 0 Å². The standard InChI is InChI=1S/C6H14N6O/c1-3(13)6(9)11-4(7)10-5(2,8)12-6/h12H,8-9H2,1-2H3,(H3,7,10,11). The van der Waals surface area contributed by atoms with Crippen molar-refractivity contribution in [3.8, 4) is 0 Å². The van der Waals surface area contributed by atoms with Gasteiger partial charge in [-0.2, -0.15) is 0 Å². The first kappa shape index (κ1) is 9.90. The van der Waals surface area contributed by atoms with Crippen LogP contribution in [0.4, 0.5) is 0 Å². The smallest absolute Gasteiger partial charge is 0.228 e. The summed E-state index contributed by atoms with van der Waals surface area (Å²) in [6.07, 6.45) is 0. The second-order valence-electron chi connectivity index (χ2n) is 3.27. The molecule has 2 atom stereocenters. The lowest BCUT2D eigenvalue weighted by molar-refractivity contribution is -0.124. The van der Waals surface area contributed by atoms with Gasteiger partial charge >= 0.3 is 0 Å². The number of rotatable bonds is 1. The quantitative estimate of drug-likeness (QED) is 0.303. The van der Waals surface area contributed by atoms with E-state index in [0.717, 1.165) is 0 Å². The molecule has 7 heteroatoms. The van der Waals surface area contributed by atoms with E-state index in [4.69, 9.17) is 17.2 Å². The third-order valence-electron chi connectivity index (χ3n) is 1.67. The number of carbonyl (C=O) groups excluding carboxylic acids is 1. The van der Waals surface area contributed by atoms with Crippen LogP contribution >= 0.6 is 0 Å². The third-order valence-corrected chi connectivity index (χ3v) is 1.67. The van der Waals surface area contributed by atoms with Gasteiger partial charge in [0.15, 0.2) is 11.7 Å². The van der Waals surface area contributed by atoms with Crippen LogP contribution in [0, 0.1) is 0 Å². The van der Waals surface area contributed by atoms with Crippen LogP contribution in [0.5, 0.6) is 0 Å². The Morgan fingerprint density at radius 3 is 2.46 bits per heavy atom. The van der Waals surface area contributed by atoms with Gasteiger partial charge < -0.3 is 11.1 Å². The molecule has 0 amide bonds. The Kier molecular flexibility index (Phi) is 2.02. The number of ketones is 1. The molecule has 13 heavy (non-hydrogen) atoms. The van der Waals surface area contributed by atoms with Crippen molar-refractivity contribution < 1.29 is 4.79 Å². The molecule has 1 aliphatic rings. The minimum absolute atomic E-state index is 0.0430. The summed E-state index contributed by atoms with van der Waals surface area (Å²) < 4.78 is 0. The number of guanidine groups is 1. The lowest BCUT2D eigenvalue weighted by atomic mass is 10.2. The molecule has 1 aliphatic heterocycles. The van der Waals surface area contributed by atoms with E-state index in [1.165, 1.54) is 6.92 Å². The molecule has 0 radical (unpaired) electrons. The molecule has 0 saturated heterocycles. The van der Waals surface area contributed by atoms with Crippen LogP contribution in [0.2, 0.25) is 0 Å². The van der Waals surface area contributed by atoms with Gasteiger partial charge in [0.1, 0.15) is 5.79 Å². The molecule has 0 fully saturated rings. The minimum Gasteiger partial charge on any atom is -0.370 e. The van der Waals surface area contributed by atoms with E-state index in [0.29, 0.717) is 0 Å². The highest BCUT2D eigenvalue weighted by Crippen LogP contribution is 2.08. The van der Waals surface area contributed by atoms with E-state index in [9.17, 15) is 4.79 Å². The first-order chi connectivity index (χ1) is 5.75. The molecule has 1 heterocycles. The van der Waals surface area contributed by atoms with E-state index >= 15 is 0 Å². The SMILES string of the molecule is CC(=O)C1(N)N=C(N)NC(C)(N)N1. The summed E-state index contributed by atoms with van der Waals surface area (Å²) in [6, 6.07) is 0. The van der Waals surface area contributed by atoms with E-state index < -0.39 is 11.6 Å². The molecule has 0 bridgehead atoms. The number of hydrogen-bond donors (Lipinski definition) is 5. The van der Waals surface area contributed by atoms with Crippen LogP contribution < -0.4 is 27.8 Å². The highest BCUT2D eigenvalue weighted by atomic mass is 16.1. The van der Waals surface area contributed by atoms with Gasteiger partial charge in [0.2, 0.25) is 5.79 Å². The number of nitrogens with zero attached hydrogens (tertiary/aromatic N) is 1. The normalized spacial score (nSPS) is 39.2. The second-order valence-corrected chi connectivity index (χ2v) is 3.27. The van der Waals surface area contributed by atoms with Crippen molar-refractivity contribution in [1.82, 2.24) is 10.6 Å². The van der Waals surface area contributed by atoms with Crippen LogP contribution in [0.15, 0.2) is 4.99 Å². The topological polar surface area (TPSA) is 132 Å². The monoisotopic (exact) mass is 186 g/mol. The Morgan fingerprint density at radius 2 is 2.08 bits per heavy atom. The number of aliphatic imine (C=N–C) groups is 1. The van der Waals surface area contributed by atoms with Gasteiger partial charge in [0.05, 0.1) is 0 Å². The summed E-state index contributed by atoms with van der Waals surface area (Å²) in [4.78, 5) is 14.9. The third kappa shape index (κ3) is 1.94. The maximum absolute atomic E-state index is 11.1. The molecule has 0 aromatic rings. The maximum atomic E-state index is 11.1. The Morgan fingerprint density at radius 1 is 1.54 bits per heavy atom. The number of Topliss-reactive ketones (excluding diaryl/α,β-unsaturated/α-hetero) is 1. The number of hydrogen-bond acceptors (Lipinski definition) is 7. The lowest BCUT2D eigenvalue weighted by Gasteiger charge is -2.39. The van der Waals surface area contributed by atoms with Gasteiger partial charge in [-0.05, 0) is 13.8 Å². The molecular formula is C6H14N6O. The average molecular weight is 186 g/mol. The van der Waals surface area contributed by atoms with Crippen molar-refractivity contribution in [3.05, 3.63) is 0 Å². The maximum Gasteiger partial charge on any atom is 0.228 e. The molecule has 7 nitrogen and oxygen atoms in total. The summed E-state index contributed by atoms with van der Waals surface area (Å²) >= 11 is 0. The highest BCUT2D eigenvalue weighted by Gasteiger charge is 2.40. The summed E-state index contributed by atoms with van der Waals surface area (Å²) in [5.74, 6) is -2.87. The summed E-state index contributed by atoms with van der Waals surface area (Å²) in [5.41, 5.74) is 16.7. The fourth-order valence-corrected chi connectivity index (χ4v) is 1.11. The predicted octanol–water partition coefficient (Wildman–Crippen LogP) is -2.67. The van der Waals surface area contributed by atoms with Gasteiger partial charge in [-0.3, -0.25) is 16.3 Å². The first-order valence-corrected chi connectivity index (χ1v) is 3.77. The van der Waals surface area contributed by atoms with E-state index in [2.05, 4.69) is 15.6 Å². The largest absolute Gasteiger partial charge is 0.370 e. The molecular weight excluding hydrogens is 172 g/mol. The van der Waals surface area contributed by atoms with Crippen molar-refractivity contribution in [1.29, 1.82) is 0 Å². The zero-order valence-corrected chi connectivity index (χ0v) is 7.59. The molecule has 0 aromatic heterocycles. The van der Waals surface area contributed by atoms with Crippen molar-refractivity contribution in [3.63, 3.8) is 0 Å². The molecule has 8 N–H and O–H groups in total. The van der Waals surface area contributed by atoms with Gasteiger partial charge in [0, 0.05) is 0 Å². The molecule has 74 valence electrons. The predicted molar refractivity (Wildman–Crippen MR) is 48.1 cm³/mol. The zero-order chi connectivity index (χ0) is 10.3. The summed E-state index contributed by atoms with van der Waals surface area (Å²) in [6.45, 7) is 2.91. The van der Waals surface area contributed by atoms with Gasteiger partial charge in [0.25, 0.3) is 0 Å². The van der Waals surface area contributed by atoms with Crippen molar-refractivity contribution in [2.75, 3.05) is 0 Å². The van der Waals surface area contributed by atoms with E-state index in [1.54, 1.807) is 6.92 Å². The Balaban J connectivity index is 3.02. The fraction of sp³-hybridized carbons (Fsp3) is 0.667. The lowest BCUT2D eigenvalue weighted by Crippen LogP contribution is -2.78. The van der Waals surface area contributed by atoms with E-state index in [1.807, 2.05) is 0 Å². The number of nitrogens with two attached hydrogens (primary N) is 3. The van der Waals surface area contributed by atoms with Crippen LogP contribution in [0.25, 0.3) is 0 Å². The van der Waals surface area contributed by atoms with Crippen LogP contribution in [-0.4, -0.2) is 23.3 Å². The summed E-state index contributed by atoms with van der Waals surface area (Å²) in [5, 5.41) is 5.25. The fourth-order valence-electron chi connectivity index (χ4n) is 1.11. The minimum atomic E-state index is -1.53. The van der Waals surface area contributed by atoms with Crippen molar-refractivity contribution >= 4 is 11.7 Å². The average Bonchev–Trinajstić information content (AvgIpc) is 1.79. The first-order valence-electron chi connectivity index (χ1n) is 3.77. The van der Waals surface area contributed by atoms with E-state index in [-0.39, 0.29) is 11.7 Å². The Hall–Kier alpha value is -1.18. The number of nitrogens with one attached hydrogen (secondary N) is 2. The number of carbonyl (C=O) groups is 1. The van der Waals surface area contributed by atoms with Gasteiger partial charge in [-0.25, -0.2) is 10.3 Å². The molecule has 0 saturated carbocycles. The second kappa shape index (κ2) is 2.66. The van der Waals surface area contributed by atoms with Crippen molar-refractivity contribution in [2.45, 2.75) is 25.4 Å². The Bertz CT molecular complexity index is 272. The van der Waals surface area contributed by atoms with Crippen LogP contribution in [0.1, 0.15) is 13.8 Å².